The Bertz CT molecular complexity index is 1300. The molecule has 4 nitrogen and oxygen atoms in total. The molecule has 0 aliphatic rings. The number of hydrogen-bond donors (Lipinski definition) is 0. The number of hydrogen-bond acceptors (Lipinski definition) is 4. The second-order valence-electron chi connectivity index (χ2n) is 17.6. The van der Waals surface area contributed by atoms with Crippen molar-refractivity contribution in [3.63, 3.8) is 0 Å². The zero-order valence-corrected chi connectivity index (χ0v) is 42.3. The topological polar surface area (TPSA) is 36.9 Å². The van der Waals surface area contributed by atoms with Gasteiger partial charge in [-0.05, 0) is 81.8 Å². The van der Waals surface area contributed by atoms with E-state index in [0.29, 0.717) is 26.4 Å². The summed E-state index contributed by atoms with van der Waals surface area (Å²) in [6.45, 7) is 12.0. The molecule has 0 fully saturated rings. The molecule has 342 valence electrons. The number of unbranched alkanes of at least 4 members (excludes halogenated alkanes) is 28. The van der Waals surface area contributed by atoms with Crippen LogP contribution in [0.4, 0.5) is 0 Å². The van der Waals surface area contributed by atoms with Gasteiger partial charge in [0, 0.05) is 30.5 Å². The highest BCUT2D eigenvalue weighted by molar-refractivity contribution is 9.11. The van der Waals surface area contributed by atoms with Crippen LogP contribution in [0.15, 0.2) is 33.2 Å². The summed E-state index contributed by atoms with van der Waals surface area (Å²) in [5, 5.41) is 4.45. The second-order valence-corrected chi connectivity index (χ2v) is 19.2. The predicted molar refractivity (Wildman–Crippen MR) is 269 cm³/mol. The summed E-state index contributed by atoms with van der Waals surface area (Å²) in [5.41, 5.74) is 0. The number of benzene rings is 3. The highest BCUT2D eigenvalue weighted by atomic mass is 79.9. The fourth-order valence-corrected chi connectivity index (χ4v) is 9.57. The quantitative estimate of drug-likeness (QED) is 0.0420. The predicted octanol–water partition coefficient (Wildman–Crippen LogP) is 19.6. The van der Waals surface area contributed by atoms with Crippen LogP contribution in [-0.4, -0.2) is 26.4 Å². The standard InChI is InChI=1S/C54H88Br2O4/c1-5-9-13-17-21-25-29-33-37-57-49-41-45-46(42-50(49)58-38-34-30-26-22-18-14-10-6-2)54(56)48-44-52(60-40-36-32-28-24-20-16-12-8-4)51(43-47(48)53(45)55)59-39-35-31-27-23-19-15-11-7-3/h41-44H,5-40H2,1-4H3. The first-order valence-corrected chi connectivity index (χ1v) is 27.1. The first-order chi connectivity index (χ1) is 29.5. The first kappa shape index (κ1) is 52.7. The average molecular weight is 961 g/mol. The lowest BCUT2D eigenvalue weighted by Crippen LogP contribution is -2.04. The third-order valence-electron chi connectivity index (χ3n) is 12.1. The van der Waals surface area contributed by atoms with Crippen LogP contribution in [-0.2, 0) is 0 Å². The van der Waals surface area contributed by atoms with Gasteiger partial charge in [0.25, 0.3) is 0 Å². The number of rotatable bonds is 40. The highest BCUT2D eigenvalue weighted by Gasteiger charge is 2.19. The van der Waals surface area contributed by atoms with E-state index in [1.54, 1.807) is 0 Å². The summed E-state index contributed by atoms with van der Waals surface area (Å²) in [7, 11) is 0. The lowest BCUT2D eigenvalue weighted by atomic mass is 10.0. The highest BCUT2D eigenvalue weighted by Crippen LogP contribution is 2.47. The van der Waals surface area contributed by atoms with Crippen molar-refractivity contribution in [2.24, 2.45) is 0 Å². The molecule has 0 aliphatic heterocycles. The molecule has 6 heteroatoms. The van der Waals surface area contributed by atoms with E-state index in [2.05, 4.69) is 83.8 Å². The van der Waals surface area contributed by atoms with Crippen molar-refractivity contribution >= 4 is 53.4 Å². The molecule has 0 amide bonds. The van der Waals surface area contributed by atoms with Gasteiger partial charge in [0.05, 0.1) is 26.4 Å². The van der Waals surface area contributed by atoms with Crippen LogP contribution in [0.25, 0.3) is 21.5 Å². The Kier molecular flexibility index (Phi) is 30.5. The maximum atomic E-state index is 6.58. The molecule has 0 saturated heterocycles. The molecule has 0 bridgehead atoms. The van der Waals surface area contributed by atoms with Crippen LogP contribution >= 0.6 is 31.9 Å². The van der Waals surface area contributed by atoms with E-state index >= 15 is 0 Å². The first-order valence-electron chi connectivity index (χ1n) is 25.5. The van der Waals surface area contributed by atoms with E-state index < -0.39 is 0 Å². The normalized spacial score (nSPS) is 11.6. The van der Waals surface area contributed by atoms with Crippen molar-refractivity contribution in [3.05, 3.63) is 33.2 Å². The molecule has 3 aromatic carbocycles. The number of ether oxygens (including phenoxy) is 4. The molecule has 0 saturated carbocycles. The monoisotopic (exact) mass is 959 g/mol. The zero-order valence-electron chi connectivity index (χ0n) is 39.2. The number of fused-ring (bicyclic) bond motifs is 2. The van der Waals surface area contributed by atoms with Crippen molar-refractivity contribution in [1.29, 1.82) is 0 Å². The van der Waals surface area contributed by atoms with Crippen molar-refractivity contribution < 1.29 is 18.9 Å². The van der Waals surface area contributed by atoms with Gasteiger partial charge in [0.15, 0.2) is 23.0 Å². The van der Waals surface area contributed by atoms with E-state index in [0.717, 1.165) is 79.2 Å². The molecule has 0 atom stereocenters. The maximum Gasteiger partial charge on any atom is 0.161 e. The summed E-state index contributed by atoms with van der Waals surface area (Å²) < 4.78 is 28.4. The lowest BCUT2D eigenvalue weighted by Gasteiger charge is -2.19. The largest absolute Gasteiger partial charge is 0.490 e. The molecule has 0 aromatic heterocycles. The summed E-state index contributed by atoms with van der Waals surface area (Å²) in [6.07, 6.45) is 41.0. The molecule has 3 rings (SSSR count). The SMILES string of the molecule is CCCCCCCCCCOc1cc2c(Br)c3cc(OCCCCCCCCCC)c(OCCCCCCCCCC)cc3c(Br)c2cc1OCCCCCCCCCC. The van der Waals surface area contributed by atoms with Crippen molar-refractivity contribution in [2.45, 2.75) is 233 Å². The van der Waals surface area contributed by atoms with Gasteiger partial charge >= 0.3 is 0 Å². The Morgan fingerprint density at radius 2 is 0.433 bits per heavy atom. The Labute approximate surface area is 386 Å². The van der Waals surface area contributed by atoms with Crippen LogP contribution in [0.3, 0.4) is 0 Å². The van der Waals surface area contributed by atoms with E-state index in [1.165, 1.54) is 180 Å². The molecular formula is C54H88Br2O4. The minimum absolute atomic E-state index is 0.706. The van der Waals surface area contributed by atoms with Crippen molar-refractivity contribution in [3.8, 4) is 23.0 Å². The molecule has 3 aromatic rings. The molecule has 0 aliphatic carbocycles. The van der Waals surface area contributed by atoms with Crippen LogP contribution in [0.2, 0.25) is 0 Å². The van der Waals surface area contributed by atoms with E-state index in [9.17, 15) is 0 Å². The molecule has 0 heterocycles. The molecule has 0 radical (unpaired) electrons. The third-order valence-corrected chi connectivity index (χ3v) is 13.8. The van der Waals surface area contributed by atoms with Gasteiger partial charge in [-0.15, -0.1) is 0 Å². The summed E-state index contributed by atoms with van der Waals surface area (Å²) in [6, 6.07) is 8.80. The van der Waals surface area contributed by atoms with Crippen LogP contribution in [0.1, 0.15) is 233 Å². The Balaban J connectivity index is 1.81. The minimum Gasteiger partial charge on any atom is -0.490 e. The van der Waals surface area contributed by atoms with Crippen molar-refractivity contribution in [2.75, 3.05) is 26.4 Å². The van der Waals surface area contributed by atoms with E-state index in [1.807, 2.05) is 0 Å². The van der Waals surface area contributed by atoms with Gasteiger partial charge in [-0.25, -0.2) is 0 Å². The zero-order chi connectivity index (χ0) is 42.9. The lowest BCUT2D eigenvalue weighted by molar-refractivity contribution is 0.259. The second kappa shape index (κ2) is 34.8. The fourth-order valence-electron chi connectivity index (χ4n) is 8.26. The molecule has 0 unspecified atom stereocenters. The van der Waals surface area contributed by atoms with Gasteiger partial charge in [-0.1, -0.05) is 207 Å². The molecule has 0 spiro atoms. The smallest absolute Gasteiger partial charge is 0.161 e. The summed E-state index contributed by atoms with van der Waals surface area (Å²) in [5.74, 6) is 3.36. The summed E-state index contributed by atoms with van der Waals surface area (Å²) in [4.78, 5) is 0. The average Bonchev–Trinajstić information content (AvgIpc) is 3.26. The Hall–Kier alpha value is -1.66. The van der Waals surface area contributed by atoms with E-state index in [4.69, 9.17) is 18.9 Å². The van der Waals surface area contributed by atoms with E-state index in [-0.39, 0.29) is 0 Å². The molecule has 60 heavy (non-hydrogen) atoms. The Morgan fingerprint density at radius 1 is 0.267 bits per heavy atom. The molecule has 0 N–H and O–H groups in total. The number of halogens is 2. The van der Waals surface area contributed by atoms with Gasteiger partial charge in [0.1, 0.15) is 0 Å². The molecular weight excluding hydrogens is 872 g/mol. The van der Waals surface area contributed by atoms with Gasteiger partial charge in [0.2, 0.25) is 0 Å². The summed E-state index contributed by atoms with van der Waals surface area (Å²) >= 11 is 8.17. The van der Waals surface area contributed by atoms with Crippen LogP contribution in [0.5, 0.6) is 23.0 Å². The van der Waals surface area contributed by atoms with Gasteiger partial charge in [-0.3, -0.25) is 0 Å². The van der Waals surface area contributed by atoms with Crippen LogP contribution < -0.4 is 18.9 Å². The fraction of sp³-hybridized carbons (Fsp3) is 0.741. The van der Waals surface area contributed by atoms with Gasteiger partial charge in [-0.2, -0.15) is 0 Å². The maximum absolute atomic E-state index is 6.58. The minimum atomic E-state index is 0.706. The Morgan fingerprint density at radius 3 is 0.617 bits per heavy atom. The van der Waals surface area contributed by atoms with Crippen molar-refractivity contribution in [1.82, 2.24) is 0 Å². The van der Waals surface area contributed by atoms with Crippen LogP contribution in [0, 0.1) is 0 Å². The third kappa shape index (κ3) is 21.1. The van der Waals surface area contributed by atoms with Gasteiger partial charge < -0.3 is 18.9 Å².